The average molecular weight is 310 g/mol. The zero-order valence-corrected chi connectivity index (χ0v) is 13.4. The van der Waals surface area contributed by atoms with Gasteiger partial charge in [-0.2, -0.15) is 0 Å². The van der Waals surface area contributed by atoms with Gasteiger partial charge in [0.15, 0.2) is 0 Å². The van der Waals surface area contributed by atoms with Crippen LogP contribution in [-0.2, 0) is 6.54 Å². The van der Waals surface area contributed by atoms with Gasteiger partial charge in [-0.1, -0.05) is 30.3 Å². The molecule has 1 aromatic carbocycles. The topological polar surface area (TPSA) is 48.5 Å². The summed E-state index contributed by atoms with van der Waals surface area (Å²) < 4.78 is 0. The first-order chi connectivity index (χ1) is 11.2. The Kier molecular flexibility index (Phi) is 4.88. The molecule has 0 radical (unpaired) electrons. The van der Waals surface area contributed by atoms with Gasteiger partial charge in [0.25, 0.3) is 5.91 Å². The quantitative estimate of drug-likeness (QED) is 0.935. The number of pyridine rings is 1. The zero-order chi connectivity index (χ0) is 16.1. The number of hydrogen-bond donors (Lipinski definition) is 1. The number of nitrogens with zero attached hydrogens (tertiary/aromatic N) is 3. The molecule has 5 heteroatoms. The molecular formula is C18H22N4O. The molecule has 1 aromatic heterocycles. The highest BCUT2D eigenvalue weighted by Gasteiger charge is 2.16. The summed E-state index contributed by atoms with van der Waals surface area (Å²) in [5.74, 6) is -0.134. The van der Waals surface area contributed by atoms with E-state index in [2.05, 4.69) is 27.1 Å². The van der Waals surface area contributed by atoms with E-state index in [1.807, 2.05) is 42.5 Å². The predicted octanol–water partition coefficient (Wildman–Crippen LogP) is 1.76. The Labute approximate surface area is 136 Å². The molecule has 2 aromatic rings. The number of likely N-dealkylation sites (N-methyl/N-ethyl adjacent to an activating group) is 1. The lowest BCUT2D eigenvalue weighted by Crippen LogP contribution is -2.44. The van der Waals surface area contributed by atoms with Gasteiger partial charge in [0.05, 0.1) is 0 Å². The smallest absolute Gasteiger partial charge is 0.270 e. The molecule has 0 saturated carbocycles. The maximum atomic E-state index is 12.3. The third kappa shape index (κ3) is 4.07. The molecule has 0 aliphatic carbocycles. The van der Waals surface area contributed by atoms with Crippen LogP contribution < -0.4 is 10.2 Å². The molecule has 1 N–H and O–H groups in total. The van der Waals surface area contributed by atoms with Crippen LogP contribution in [0, 0.1) is 0 Å². The maximum Gasteiger partial charge on any atom is 0.270 e. The Morgan fingerprint density at radius 1 is 1.13 bits per heavy atom. The van der Waals surface area contributed by atoms with E-state index < -0.39 is 0 Å². The van der Waals surface area contributed by atoms with E-state index in [-0.39, 0.29) is 5.91 Å². The Morgan fingerprint density at radius 3 is 2.61 bits per heavy atom. The first-order valence-electron chi connectivity index (χ1n) is 7.94. The van der Waals surface area contributed by atoms with Crippen molar-refractivity contribution in [2.75, 3.05) is 38.1 Å². The number of carbonyl (C=O) groups is 1. The number of piperazine rings is 1. The molecule has 1 amide bonds. The first kappa shape index (κ1) is 15.5. The lowest BCUT2D eigenvalue weighted by atomic mass is 10.2. The molecule has 0 atom stereocenters. The monoisotopic (exact) mass is 310 g/mol. The van der Waals surface area contributed by atoms with Crippen molar-refractivity contribution >= 4 is 11.6 Å². The molecule has 120 valence electrons. The number of benzene rings is 1. The molecule has 2 heterocycles. The van der Waals surface area contributed by atoms with Crippen molar-refractivity contribution in [3.63, 3.8) is 0 Å². The molecule has 1 fully saturated rings. The fourth-order valence-electron chi connectivity index (χ4n) is 2.67. The van der Waals surface area contributed by atoms with E-state index >= 15 is 0 Å². The highest BCUT2D eigenvalue weighted by Crippen LogP contribution is 2.16. The maximum absolute atomic E-state index is 12.3. The molecule has 23 heavy (non-hydrogen) atoms. The number of amides is 1. The lowest BCUT2D eigenvalue weighted by Gasteiger charge is -2.34. The second-order valence-corrected chi connectivity index (χ2v) is 5.86. The third-order valence-corrected chi connectivity index (χ3v) is 4.14. The van der Waals surface area contributed by atoms with Crippen LogP contribution in [0.3, 0.4) is 0 Å². The minimum Gasteiger partial charge on any atom is -0.369 e. The number of aromatic nitrogens is 1. The summed E-state index contributed by atoms with van der Waals surface area (Å²) in [5, 5.41) is 2.92. The van der Waals surface area contributed by atoms with Crippen molar-refractivity contribution in [3.8, 4) is 0 Å². The van der Waals surface area contributed by atoms with Crippen molar-refractivity contribution in [3.05, 3.63) is 59.9 Å². The van der Waals surface area contributed by atoms with Crippen LogP contribution in [0.5, 0.6) is 0 Å². The standard InChI is InChI=1S/C18H22N4O/c1-21-9-11-22(12-10-21)16-7-8-19-17(13-16)18(23)20-14-15-5-3-2-4-6-15/h2-8,13H,9-12,14H2,1H3,(H,20,23). The van der Waals surface area contributed by atoms with Gasteiger partial charge in [-0.15, -0.1) is 0 Å². The minimum atomic E-state index is -0.134. The number of anilines is 1. The summed E-state index contributed by atoms with van der Waals surface area (Å²) in [5.41, 5.74) is 2.62. The van der Waals surface area contributed by atoms with Crippen molar-refractivity contribution in [1.82, 2.24) is 15.2 Å². The highest BCUT2D eigenvalue weighted by atomic mass is 16.1. The fourth-order valence-corrected chi connectivity index (χ4v) is 2.67. The summed E-state index contributed by atoms with van der Waals surface area (Å²) in [6.07, 6.45) is 1.71. The van der Waals surface area contributed by atoms with E-state index in [1.165, 1.54) is 0 Å². The van der Waals surface area contributed by atoms with Crippen LogP contribution in [0.4, 0.5) is 5.69 Å². The van der Waals surface area contributed by atoms with Crippen molar-refractivity contribution < 1.29 is 4.79 Å². The van der Waals surface area contributed by atoms with Crippen LogP contribution in [0.15, 0.2) is 48.7 Å². The molecular weight excluding hydrogens is 288 g/mol. The zero-order valence-electron chi connectivity index (χ0n) is 13.4. The molecule has 0 bridgehead atoms. The molecule has 0 unspecified atom stereocenters. The fraction of sp³-hybridized carbons (Fsp3) is 0.333. The summed E-state index contributed by atoms with van der Waals surface area (Å²) in [6, 6.07) is 13.7. The second kappa shape index (κ2) is 7.24. The van der Waals surface area contributed by atoms with E-state index in [1.54, 1.807) is 6.20 Å². The minimum absolute atomic E-state index is 0.134. The Hall–Kier alpha value is -2.40. The van der Waals surface area contributed by atoms with Gasteiger partial charge in [0.2, 0.25) is 0 Å². The molecule has 5 nitrogen and oxygen atoms in total. The van der Waals surface area contributed by atoms with Crippen LogP contribution in [-0.4, -0.2) is 49.0 Å². The summed E-state index contributed by atoms with van der Waals surface area (Å²) in [7, 11) is 2.13. The largest absolute Gasteiger partial charge is 0.369 e. The third-order valence-electron chi connectivity index (χ3n) is 4.14. The first-order valence-corrected chi connectivity index (χ1v) is 7.94. The van der Waals surface area contributed by atoms with E-state index in [0.717, 1.165) is 37.4 Å². The highest BCUT2D eigenvalue weighted by molar-refractivity contribution is 5.93. The Balaban J connectivity index is 1.63. The summed E-state index contributed by atoms with van der Waals surface area (Å²) in [4.78, 5) is 21.1. The van der Waals surface area contributed by atoms with Gasteiger partial charge < -0.3 is 15.1 Å². The normalized spacial score (nSPS) is 15.4. The number of carbonyl (C=O) groups excluding carboxylic acids is 1. The average Bonchev–Trinajstić information content (AvgIpc) is 2.61. The van der Waals surface area contributed by atoms with Gasteiger partial charge in [0.1, 0.15) is 5.69 Å². The summed E-state index contributed by atoms with van der Waals surface area (Å²) in [6.45, 7) is 4.55. The number of rotatable bonds is 4. The molecule has 3 rings (SSSR count). The van der Waals surface area contributed by atoms with Crippen LogP contribution in [0.2, 0.25) is 0 Å². The van der Waals surface area contributed by atoms with Crippen LogP contribution >= 0.6 is 0 Å². The molecule has 0 spiro atoms. The van der Waals surface area contributed by atoms with Gasteiger partial charge in [0, 0.05) is 44.6 Å². The molecule has 1 aliphatic heterocycles. The van der Waals surface area contributed by atoms with Crippen molar-refractivity contribution in [2.24, 2.45) is 0 Å². The van der Waals surface area contributed by atoms with Crippen molar-refractivity contribution in [1.29, 1.82) is 0 Å². The second-order valence-electron chi connectivity index (χ2n) is 5.86. The Bertz CT molecular complexity index is 651. The van der Waals surface area contributed by atoms with Crippen LogP contribution in [0.25, 0.3) is 0 Å². The Morgan fingerprint density at radius 2 is 1.87 bits per heavy atom. The van der Waals surface area contributed by atoms with Gasteiger partial charge >= 0.3 is 0 Å². The van der Waals surface area contributed by atoms with Crippen molar-refractivity contribution in [2.45, 2.75) is 6.54 Å². The number of hydrogen-bond acceptors (Lipinski definition) is 4. The van der Waals surface area contributed by atoms with Gasteiger partial charge in [-0.25, -0.2) is 0 Å². The lowest BCUT2D eigenvalue weighted by molar-refractivity contribution is 0.0946. The van der Waals surface area contributed by atoms with E-state index in [9.17, 15) is 4.79 Å². The van der Waals surface area contributed by atoms with Gasteiger partial charge in [-0.05, 0) is 24.7 Å². The van der Waals surface area contributed by atoms with E-state index in [0.29, 0.717) is 12.2 Å². The number of nitrogens with one attached hydrogen (secondary N) is 1. The van der Waals surface area contributed by atoms with E-state index in [4.69, 9.17) is 0 Å². The summed E-state index contributed by atoms with van der Waals surface area (Å²) >= 11 is 0. The van der Waals surface area contributed by atoms with Crippen LogP contribution in [0.1, 0.15) is 16.1 Å². The molecule has 1 aliphatic rings. The SMILES string of the molecule is CN1CCN(c2ccnc(C(=O)NCc3ccccc3)c2)CC1. The van der Waals surface area contributed by atoms with Gasteiger partial charge in [-0.3, -0.25) is 9.78 Å². The predicted molar refractivity (Wildman–Crippen MR) is 91.6 cm³/mol. The molecule has 1 saturated heterocycles.